The van der Waals surface area contributed by atoms with E-state index < -0.39 is 0 Å². The molecular formula is C22H33N3S. The van der Waals surface area contributed by atoms with Crippen molar-refractivity contribution in [3.05, 3.63) is 29.8 Å². The number of para-hydroxylation sites is 1. The highest BCUT2D eigenvalue weighted by Gasteiger charge is 2.42. The fourth-order valence-corrected chi connectivity index (χ4v) is 5.91. The maximum absolute atomic E-state index is 5.66. The Morgan fingerprint density at radius 2 is 1.65 bits per heavy atom. The first kappa shape index (κ1) is 18.2. The largest absolute Gasteiger partial charge is 0.360 e. The van der Waals surface area contributed by atoms with Crippen LogP contribution in [-0.4, -0.2) is 34.2 Å². The van der Waals surface area contributed by atoms with E-state index in [4.69, 9.17) is 12.2 Å². The Kier molecular flexibility index (Phi) is 5.80. The van der Waals surface area contributed by atoms with E-state index in [1.807, 2.05) is 0 Å². The molecule has 3 fully saturated rings. The molecule has 1 aromatic rings. The number of hydrogen-bond acceptors (Lipinski definition) is 2. The van der Waals surface area contributed by atoms with Crippen molar-refractivity contribution in [1.29, 1.82) is 0 Å². The van der Waals surface area contributed by atoms with Gasteiger partial charge in [-0.15, -0.1) is 0 Å². The van der Waals surface area contributed by atoms with Crippen LogP contribution in [0, 0.1) is 0 Å². The molecule has 3 aliphatic rings. The highest BCUT2D eigenvalue weighted by Crippen LogP contribution is 2.39. The summed E-state index contributed by atoms with van der Waals surface area (Å²) in [6.07, 6.45) is 13.4. The molecule has 1 aromatic carbocycles. The van der Waals surface area contributed by atoms with Crippen molar-refractivity contribution in [3.63, 3.8) is 0 Å². The van der Waals surface area contributed by atoms with Crippen molar-refractivity contribution >= 4 is 23.0 Å². The van der Waals surface area contributed by atoms with Crippen molar-refractivity contribution in [2.75, 3.05) is 5.32 Å². The maximum Gasteiger partial charge on any atom is 0.171 e. The summed E-state index contributed by atoms with van der Waals surface area (Å²) < 4.78 is 0. The highest BCUT2D eigenvalue weighted by atomic mass is 32.1. The first-order chi connectivity index (χ1) is 12.7. The lowest BCUT2D eigenvalue weighted by Crippen LogP contribution is -2.59. The Bertz CT molecular complexity index is 612. The molecule has 2 bridgehead atoms. The van der Waals surface area contributed by atoms with Crippen LogP contribution < -0.4 is 10.6 Å². The minimum atomic E-state index is 0.525. The van der Waals surface area contributed by atoms with E-state index >= 15 is 0 Å². The third kappa shape index (κ3) is 3.91. The second-order valence-corrected chi connectivity index (χ2v) is 8.81. The highest BCUT2D eigenvalue weighted by molar-refractivity contribution is 7.80. The molecule has 0 aromatic heterocycles. The molecule has 3 atom stereocenters. The molecule has 1 saturated carbocycles. The van der Waals surface area contributed by atoms with Crippen LogP contribution in [0.25, 0.3) is 0 Å². The Labute approximate surface area is 163 Å². The Hall–Kier alpha value is -1.13. The number of piperidine rings is 2. The fraction of sp³-hybridized carbons (Fsp3) is 0.682. The zero-order valence-electron chi connectivity index (χ0n) is 16.0. The second-order valence-electron chi connectivity index (χ2n) is 8.40. The molecule has 1 unspecified atom stereocenters. The van der Waals surface area contributed by atoms with Gasteiger partial charge in [-0.2, -0.15) is 0 Å². The summed E-state index contributed by atoms with van der Waals surface area (Å²) in [5.74, 6) is 0. The maximum atomic E-state index is 5.66. The molecule has 0 spiro atoms. The van der Waals surface area contributed by atoms with Gasteiger partial charge < -0.3 is 10.6 Å². The lowest BCUT2D eigenvalue weighted by Gasteiger charge is -2.52. The molecule has 2 aliphatic heterocycles. The van der Waals surface area contributed by atoms with Gasteiger partial charge >= 0.3 is 0 Å². The van der Waals surface area contributed by atoms with Crippen molar-refractivity contribution < 1.29 is 0 Å². The molecule has 0 radical (unpaired) electrons. The minimum absolute atomic E-state index is 0.525. The van der Waals surface area contributed by atoms with Crippen LogP contribution in [0.5, 0.6) is 0 Å². The van der Waals surface area contributed by atoms with Crippen LogP contribution in [0.15, 0.2) is 24.3 Å². The number of aryl methyl sites for hydroxylation is 1. The summed E-state index contributed by atoms with van der Waals surface area (Å²) in [6, 6.07) is 11.4. The summed E-state index contributed by atoms with van der Waals surface area (Å²) in [5.41, 5.74) is 2.47. The summed E-state index contributed by atoms with van der Waals surface area (Å²) >= 11 is 5.66. The number of rotatable bonds is 4. The molecule has 4 rings (SSSR count). The van der Waals surface area contributed by atoms with Crippen LogP contribution in [0.4, 0.5) is 5.69 Å². The quantitative estimate of drug-likeness (QED) is 0.739. The second kappa shape index (κ2) is 8.26. The number of hydrogen-bond donors (Lipinski definition) is 2. The SMILES string of the molecule is CCc1ccccc1NC(=S)NC1C[C@H]2CCC[C@@H](C1)N2C1CCCC1. The number of benzene rings is 1. The van der Waals surface area contributed by atoms with Crippen LogP contribution in [-0.2, 0) is 6.42 Å². The van der Waals surface area contributed by atoms with Crippen LogP contribution in [0.2, 0.25) is 0 Å². The molecule has 2 heterocycles. The summed E-state index contributed by atoms with van der Waals surface area (Å²) in [4.78, 5) is 2.93. The average Bonchev–Trinajstić information content (AvgIpc) is 3.15. The first-order valence-corrected chi connectivity index (χ1v) is 11.1. The van der Waals surface area contributed by atoms with E-state index in [1.54, 1.807) is 0 Å². The van der Waals surface area contributed by atoms with Gasteiger partial charge in [-0.05, 0) is 68.8 Å². The van der Waals surface area contributed by atoms with Gasteiger partial charge in [0.05, 0.1) is 0 Å². The van der Waals surface area contributed by atoms with Gasteiger partial charge in [0, 0.05) is 29.9 Å². The standard InChI is InChI=1S/C22H33N3S/c1-2-16-8-3-6-13-21(16)24-22(26)23-17-14-19-11-7-12-20(15-17)25(19)18-9-4-5-10-18/h3,6,8,13,17-20H,2,4-5,7,9-12,14-15H2,1H3,(H2,23,24,26)/t17?,19-,20+. The topological polar surface area (TPSA) is 27.3 Å². The van der Waals surface area contributed by atoms with E-state index in [0.717, 1.165) is 35.3 Å². The van der Waals surface area contributed by atoms with Crippen LogP contribution in [0.1, 0.15) is 70.3 Å². The van der Waals surface area contributed by atoms with Crippen molar-refractivity contribution in [3.8, 4) is 0 Å². The Balaban J connectivity index is 1.36. The molecule has 142 valence electrons. The lowest BCUT2D eigenvalue weighted by atomic mass is 9.80. The van der Waals surface area contributed by atoms with Gasteiger partial charge in [0.15, 0.2) is 5.11 Å². The molecular weight excluding hydrogens is 338 g/mol. The van der Waals surface area contributed by atoms with Gasteiger partial charge in [-0.3, -0.25) is 4.90 Å². The third-order valence-electron chi connectivity index (χ3n) is 6.76. The average molecular weight is 372 g/mol. The van der Waals surface area contributed by atoms with E-state index in [9.17, 15) is 0 Å². The lowest BCUT2D eigenvalue weighted by molar-refractivity contribution is -0.00596. The smallest absolute Gasteiger partial charge is 0.171 e. The van der Waals surface area contributed by atoms with Gasteiger partial charge in [0.2, 0.25) is 0 Å². The molecule has 26 heavy (non-hydrogen) atoms. The Morgan fingerprint density at radius 3 is 2.35 bits per heavy atom. The molecule has 2 N–H and O–H groups in total. The summed E-state index contributed by atoms with van der Waals surface area (Å²) in [7, 11) is 0. The van der Waals surface area contributed by atoms with E-state index in [-0.39, 0.29) is 0 Å². The van der Waals surface area contributed by atoms with E-state index in [2.05, 4.69) is 46.7 Å². The number of nitrogens with zero attached hydrogens (tertiary/aromatic N) is 1. The number of nitrogens with one attached hydrogen (secondary N) is 2. The van der Waals surface area contributed by atoms with Crippen LogP contribution in [0.3, 0.4) is 0 Å². The van der Waals surface area contributed by atoms with Crippen LogP contribution >= 0.6 is 12.2 Å². The zero-order valence-corrected chi connectivity index (χ0v) is 16.9. The fourth-order valence-electron chi connectivity index (χ4n) is 5.63. The van der Waals surface area contributed by atoms with Crippen molar-refractivity contribution in [2.45, 2.75) is 95.3 Å². The number of anilines is 1. The van der Waals surface area contributed by atoms with Gasteiger partial charge in [-0.1, -0.05) is 44.4 Å². The zero-order chi connectivity index (χ0) is 17.9. The van der Waals surface area contributed by atoms with Gasteiger partial charge in [-0.25, -0.2) is 0 Å². The predicted molar refractivity (Wildman–Crippen MR) is 114 cm³/mol. The summed E-state index contributed by atoms with van der Waals surface area (Å²) in [5, 5.41) is 7.89. The van der Waals surface area contributed by atoms with Gasteiger partial charge in [0.1, 0.15) is 0 Å². The molecule has 2 saturated heterocycles. The van der Waals surface area contributed by atoms with Crippen molar-refractivity contribution in [2.24, 2.45) is 0 Å². The van der Waals surface area contributed by atoms with Crippen molar-refractivity contribution in [1.82, 2.24) is 10.2 Å². The molecule has 1 aliphatic carbocycles. The van der Waals surface area contributed by atoms with Gasteiger partial charge in [0.25, 0.3) is 0 Å². The third-order valence-corrected chi connectivity index (χ3v) is 6.98. The van der Waals surface area contributed by atoms with E-state index in [0.29, 0.717) is 6.04 Å². The monoisotopic (exact) mass is 371 g/mol. The van der Waals surface area contributed by atoms with E-state index in [1.165, 1.54) is 63.4 Å². The minimum Gasteiger partial charge on any atom is -0.360 e. The normalized spacial score (nSPS) is 29.5. The number of thiocarbonyl (C=S) groups is 1. The molecule has 4 heteroatoms. The molecule has 0 amide bonds. The Morgan fingerprint density at radius 1 is 1.00 bits per heavy atom. The molecule has 3 nitrogen and oxygen atoms in total. The predicted octanol–water partition coefficient (Wildman–Crippen LogP) is 4.86. The first-order valence-electron chi connectivity index (χ1n) is 10.7. The summed E-state index contributed by atoms with van der Waals surface area (Å²) in [6.45, 7) is 2.19. The number of fused-ring (bicyclic) bond motifs is 2.